The van der Waals surface area contributed by atoms with Crippen molar-refractivity contribution in [2.75, 3.05) is 6.54 Å². The first-order valence-electron chi connectivity index (χ1n) is 5.89. The molecule has 2 heterocycles. The second kappa shape index (κ2) is 4.58. The number of nitrogens with zero attached hydrogens (tertiary/aromatic N) is 1. The normalized spacial score (nSPS) is 19.5. The van der Waals surface area contributed by atoms with Crippen LogP contribution in [0.3, 0.4) is 0 Å². The first kappa shape index (κ1) is 13.1. The van der Waals surface area contributed by atoms with Gasteiger partial charge in [-0.25, -0.2) is 0 Å². The van der Waals surface area contributed by atoms with Crippen LogP contribution in [0.5, 0.6) is 0 Å². The number of aromatic amines is 1. The Morgan fingerprint density at radius 2 is 2.05 bits per heavy atom. The lowest BCUT2D eigenvalue weighted by Crippen LogP contribution is -2.41. The van der Waals surface area contributed by atoms with E-state index in [1.807, 2.05) is 24.3 Å². The first-order chi connectivity index (χ1) is 9.02. The van der Waals surface area contributed by atoms with Crippen molar-refractivity contribution in [1.82, 2.24) is 9.88 Å². The minimum Gasteiger partial charge on any atom is -0.356 e. The monoisotopic (exact) mass is 316 g/mol. The van der Waals surface area contributed by atoms with E-state index < -0.39 is 9.83 Å². The van der Waals surface area contributed by atoms with Crippen molar-refractivity contribution in [2.45, 2.75) is 16.3 Å². The number of H-pyrrole nitrogens is 1. The van der Waals surface area contributed by atoms with E-state index in [1.54, 1.807) is 0 Å². The molecule has 1 aliphatic heterocycles. The Bertz CT molecular complexity index is 632. The fourth-order valence-corrected chi connectivity index (χ4v) is 3.43. The molecular formula is C13H11Cl3N2O. The van der Waals surface area contributed by atoms with Crippen molar-refractivity contribution in [2.24, 2.45) is 0 Å². The number of carbonyl (C=O) groups is 1. The van der Waals surface area contributed by atoms with Gasteiger partial charge < -0.3 is 9.88 Å². The van der Waals surface area contributed by atoms with Crippen molar-refractivity contribution in [3.63, 3.8) is 0 Å². The van der Waals surface area contributed by atoms with E-state index in [0.717, 1.165) is 35.0 Å². The minimum atomic E-state index is -1.56. The smallest absolute Gasteiger partial charge is 0.216 e. The Morgan fingerprint density at radius 3 is 2.74 bits per heavy atom. The lowest BCUT2D eigenvalue weighted by molar-refractivity contribution is -0.120. The van der Waals surface area contributed by atoms with Gasteiger partial charge in [0, 0.05) is 23.1 Å². The summed E-state index contributed by atoms with van der Waals surface area (Å²) in [6.07, 6.45) is 1.50. The van der Waals surface area contributed by atoms with Gasteiger partial charge in [-0.3, -0.25) is 4.79 Å². The fraction of sp³-hybridized carbons (Fsp3) is 0.308. The molecule has 0 radical (unpaired) electrons. The third-order valence-electron chi connectivity index (χ3n) is 3.52. The Balaban J connectivity index is 2.22. The van der Waals surface area contributed by atoms with Gasteiger partial charge in [0.25, 0.3) is 0 Å². The van der Waals surface area contributed by atoms with Crippen molar-refractivity contribution in [3.05, 3.63) is 35.5 Å². The highest BCUT2D eigenvalue weighted by Gasteiger charge is 2.43. The maximum Gasteiger partial charge on any atom is 0.216 e. The number of hydrogen-bond donors (Lipinski definition) is 1. The number of carbonyl (C=O) groups excluding carboxylic acids is 1. The average molecular weight is 318 g/mol. The number of benzene rings is 1. The Kier molecular flexibility index (Phi) is 3.16. The SMILES string of the molecule is O=CN1CCc2c([nH]c3ccccc23)C1C(Cl)(Cl)Cl. The maximum absolute atomic E-state index is 11.2. The van der Waals surface area contributed by atoms with Crippen LogP contribution in [0.2, 0.25) is 0 Å². The van der Waals surface area contributed by atoms with Crippen molar-refractivity contribution >= 4 is 52.1 Å². The summed E-state index contributed by atoms with van der Waals surface area (Å²) in [6, 6.07) is 7.37. The molecule has 1 aromatic carbocycles. The number of aromatic nitrogens is 1. The third kappa shape index (κ3) is 2.10. The molecule has 2 aromatic rings. The molecular weight excluding hydrogens is 307 g/mol. The van der Waals surface area contributed by atoms with Crippen LogP contribution in [-0.2, 0) is 11.2 Å². The molecule has 0 saturated carbocycles. The van der Waals surface area contributed by atoms with Gasteiger partial charge in [-0.05, 0) is 18.1 Å². The molecule has 19 heavy (non-hydrogen) atoms. The zero-order valence-corrected chi connectivity index (χ0v) is 12.1. The second-order valence-electron chi connectivity index (χ2n) is 4.60. The van der Waals surface area contributed by atoms with Crippen LogP contribution in [0.1, 0.15) is 17.3 Å². The Labute approximate surface area is 125 Å². The number of hydrogen-bond acceptors (Lipinski definition) is 1. The van der Waals surface area contributed by atoms with Crippen LogP contribution < -0.4 is 0 Å². The van der Waals surface area contributed by atoms with E-state index >= 15 is 0 Å². The molecule has 1 atom stereocenters. The Morgan fingerprint density at radius 1 is 1.32 bits per heavy atom. The van der Waals surface area contributed by atoms with Gasteiger partial charge in [0.15, 0.2) is 0 Å². The largest absolute Gasteiger partial charge is 0.356 e. The van der Waals surface area contributed by atoms with E-state index in [1.165, 1.54) is 4.90 Å². The quantitative estimate of drug-likeness (QED) is 0.633. The molecule has 3 rings (SSSR count). The van der Waals surface area contributed by atoms with Crippen molar-refractivity contribution in [1.29, 1.82) is 0 Å². The van der Waals surface area contributed by atoms with Gasteiger partial charge in [0.2, 0.25) is 10.2 Å². The molecule has 1 amide bonds. The van der Waals surface area contributed by atoms with E-state index in [-0.39, 0.29) is 0 Å². The van der Waals surface area contributed by atoms with Gasteiger partial charge in [-0.15, -0.1) is 0 Å². The molecule has 1 aromatic heterocycles. The molecule has 1 aliphatic rings. The Hall–Kier alpha value is -0.900. The number of rotatable bonds is 1. The lowest BCUT2D eigenvalue weighted by Gasteiger charge is -2.36. The predicted molar refractivity (Wildman–Crippen MR) is 77.8 cm³/mol. The predicted octanol–water partition coefficient (Wildman–Crippen LogP) is 3.59. The van der Waals surface area contributed by atoms with Gasteiger partial charge >= 0.3 is 0 Å². The van der Waals surface area contributed by atoms with E-state index in [2.05, 4.69) is 4.98 Å². The van der Waals surface area contributed by atoms with Gasteiger partial charge in [0.05, 0.1) is 0 Å². The van der Waals surface area contributed by atoms with E-state index in [4.69, 9.17) is 34.8 Å². The van der Waals surface area contributed by atoms with E-state index in [9.17, 15) is 4.79 Å². The number of fused-ring (bicyclic) bond motifs is 3. The summed E-state index contributed by atoms with van der Waals surface area (Å²) >= 11 is 18.2. The molecule has 1 N–H and O–H groups in total. The molecule has 0 fully saturated rings. The molecule has 0 aliphatic carbocycles. The summed E-state index contributed by atoms with van der Waals surface area (Å²) in [4.78, 5) is 16.0. The fourth-order valence-electron chi connectivity index (χ4n) is 2.72. The molecule has 0 saturated heterocycles. The topological polar surface area (TPSA) is 36.1 Å². The van der Waals surface area contributed by atoms with Crippen molar-refractivity contribution < 1.29 is 4.79 Å². The van der Waals surface area contributed by atoms with Gasteiger partial charge in [-0.1, -0.05) is 53.0 Å². The van der Waals surface area contributed by atoms with E-state index in [0.29, 0.717) is 6.54 Å². The van der Waals surface area contributed by atoms with Gasteiger partial charge in [-0.2, -0.15) is 0 Å². The molecule has 0 bridgehead atoms. The number of nitrogens with one attached hydrogen (secondary N) is 1. The number of para-hydroxylation sites is 1. The highest BCUT2D eigenvalue weighted by molar-refractivity contribution is 6.68. The summed E-state index contributed by atoms with van der Waals surface area (Å²) in [6.45, 7) is 0.553. The number of halogens is 3. The summed E-state index contributed by atoms with van der Waals surface area (Å²) in [5.74, 6) is 0. The molecule has 100 valence electrons. The zero-order valence-electron chi connectivity index (χ0n) is 9.87. The van der Waals surface area contributed by atoms with Gasteiger partial charge in [0.1, 0.15) is 6.04 Å². The molecule has 0 spiro atoms. The van der Waals surface area contributed by atoms with Crippen molar-refractivity contribution in [3.8, 4) is 0 Å². The van der Waals surface area contributed by atoms with Crippen LogP contribution in [0.15, 0.2) is 24.3 Å². The standard InChI is InChI=1S/C13H11Cl3N2O/c14-13(15,16)12-11-9(5-6-18(12)7-19)8-3-1-2-4-10(8)17-11/h1-4,7,12,17H,5-6H2. The van der Waals surface area contributed by atoms with Crippen LogP contribution in [0.25, 0.3) is 10.9 Å². The van der Waals surface area contributed by atoms with Crippen LogP contribution in [-0.4, -0.2) is 26.6 Å². The highest BCUT2D eigenvalue weighted by Crippen LogP contribution is 2.47. The summed E-state index contributed by atoms with van der Waals surface area (Å²) < 4.78 is -1.56. The summed E-state index contributed by atoms with van der Waals surface area (Å²) in [5, 5.41) is 1.13. The maximum atomic E-state index is 11.2. The summed E-state index contributed by atoms with van der Waals surface area (Å²) in [7, 11) is 0. The second-order valence-corrected chi connectivity index (χ2v) is 6.97. The first-order valence-corrected chi connectivity index (χ1v) is 7.03. The number of alkyl halides is 3. The highest BCUT2D eigenvalue weighted by atomic mass is 35.6. The van der Waals surface area contributed by atoms with Crippen LogP contribution in [0, 0.1) is 0 Å². The lowest BCUT2D eigenvalue weighted by atomic mass is 9.98. The van der Waals surface area contributed by atoms with Crippen LogP contribution >= 0.6 is 34.8 Å². The zero-order chi connectivity index (χ0) is 13.6. The van der Waals surface area contributed by atoms with Crippen LogP contribution in [0.4, 0.5) is 0 Å². The molecule has 1 unspecified atom stereocenters. The molecule has 3 nitrogen and oxygen atoms in total. The minimum absolute atomic E-state index is 0.553. The average Bonchev–Trinajstić information content (AvgIpc) is 2.74. The third-order valence-corrected chi connectivity index (χ3v) is 4.14. The number of amides is 1. The summed E-state index contributed by atoms with van der Waals surface area (Å²) in [5.41, 5.74) is 2.95. The molecule has 6 heteroatoms.